The minimum Gasteiger partial charge on any atom is -0.387 e. The van der Waals surface area contributed by atoms with Gasteiger partial charge in [0.15, 0.2) is 0 Å². The Hall–Kier alpha value is -1.58. The number of nitrogens with zero attached hydrogens (tertiary/aromatic N) is 2. The van der Waals surface area contributed by atoms with Crippen LogP contribution in [0.1, 0.15) is 18.4 Å². The van der Waals surface area contributed by atoms with Gasteiger partial charge >= 0.3 is 0 Å². The van der Waals surface area contributed by atoms with Crippen LogP contribution in [0.15, 0.2) is 18.3 Å². The largest absolute Gasteiger partial charge is 0.387 e. The lowest BCUT2D eigenvalue weighted by Gasteiger charge is -2.19. The maximum absolute atomic E-state index is 7.33. The highest BCUT2D eigenvalue weighted by Gasteiger charge is 2.16. The molecule has 0 saturated carbocycles. The van der Waals surface area contributed by atoms with Crippen molar-refractivity contribution in [2.75, 3.05) is 18.0 Å². The second kappa shape index (κ2) is 4.29. The molecule has 0 amide bonds. The molecule has 0 unspecified atom stereocenters. The van der Waals surface area contributed by atoms with Crippen molar-refractivity contribution in [1.82, 2.24) is 4.98 Å². The lowest BCUT2D eigenvalue weighted by Crippen LogP contribution is -2.22. The lowest BCUT2D eigenvalue weighted by atomic mass is 10.1. The van der Waals surface area contributed by atoms with Crippen molar-refractivity contribution in [3.8, 4) is 0 Å². The quantitative estimate of drug-likeness (QED) is 0.573. The fraction of sp³-hybridized carbons (Fsp3) is 0.455. The van der Waals surface area contributed by atoms with Crippen molar-refractivity contribution >= 4 is 11.7 Å². The SMILES string of the molecule is N=C(N)Cc1cccnc1N1CCCC1. The van der Waals surface area contributed by atoms with Gasteiger partial charge in [0.1, 0.15) is 5.82 Å². The van der Waals surface area contributed by atoms with E-state index in [0.29, 0.717) is 6.42 Å². The van der Waals surface area contributed by atoms with Gasteiger partial charge in [0.05, 0.1) is 5.84 Å². The second-order valence-electron chi connectivity index (χ2n) is 3.88. The van der Waals surface area contributed by atoms with E-state index in [1.807, 2.05) is 12.1 Å². The van der Waals surface area contributed by atoms with Gasteiger partial charge < -0.3 is 10.6 Å². The number of amidine groups is 1. The van der Waals surface area contributed by atoms with Crippen LogP contribution in [0.3, 0.4) is 0 Å². The number of pyridine rings is 1. The smallest absolute Gasteiger partial charge is 0.132 e. The first-order valence-corrected chi connectivity index (χ1v) is 5.29. The minimum absolute atomic E-state index is 0.198. The van der Waals surface area contributed by atoms with E-state index in [9.17, 15) is 0 Å². The molecule has 1 aromatic rings. The molecule has 1 saturated heterocycles. The summed E-state index contributed by atoms with van der Waals surface area (Å²) in [6.45, 7) is 2.14. The summed E-state index contributed by atoms with van der Waals surface area (Å²) in [6, 6.07) is 3.90. The van der Waals surface area contributed by atoms with E-state index >= 15 is 0 Å². The zero-order valence-electron chi connectivity index (χ0n) is 8.74. The third-order valence-corrected chi connectivity index (χ3v) is 2.65. The number of hydrogen-bond acceptors (Lipinski definition) is 3. The summed E-state index contributed by atoms with van der Waals surface area (Å²) in [4.78, 5) is 6.66. The average molecular weight is 204 g/mol. The number of nitrogens with two attached hydrogens (primary N) is 1. The molecule has 0 radical (unpaired) electrons. The fourth-order valence-electron chi connectivity index (χ4n) is 1.99. The summed E-state index contributed by atoms with van der Waals surface area (Å²) in [5.74, 6) is 1.20. The molecule has 2 rings (SSSR count). The van der Waals surface area contributed by atoms with Crippen molar-refractivity contribution < 1.29 is 0 Å². The van der Waals surface area contributed by atoms with Gasteiger partial charge in [-0.05, 0) is 18.9 Å². The monoisotopic (exact) mass is 204 g/mol. The predicted molar refractivity (Wildman–Crippen MR) is 61.3 cm³/mol. The van der Waals surface area contributed by atoms with Crippen molar-refractivity contribution in [3.05, 3.63) is 23.9 Å². The Morgan fingerprint density at radius 1 is 1.47 bits per heavy atom. The first-order valence-electron chi connectivity index (χ1n) is 5.29. The van der Waals surface area contributed by atoms with Gasteiger partial charge in [-0.25, -0.2) is 4.98 Å². The Morgan fingerprint density at radius 2 is 2.20 bits per heavy atom. The van der Waals surface area contributed by atoms with Gasteiger partial charge in [0.25, 0.3) is 0 Å². The molecule has 3 N–H and O–H groups in total. The molecule has 4 nitrogen and oxygen atoms in total. The summed E-state index contributed by atoms with van der Waals surface area (Å²) >= 11 is 0. The van der Waals surface area contributed by atoms with E-state index in [1.54, 1.807) is 6.20 Å². The molecular weight excluding hydrogens is 188 g/mol. The summed E-state index contributed by atoms with van der Waals surface area (Å²) in [6.07, 6.45) is 4.77. The van der Waals surface area contributed by atoms with Crippen LogP contribution in [-0.2, 0) is 6.42 Å². The van der Waals surface area contributed by atoms with Gasteiger partial charge in [0.2, 0.25) is 0 Å². The molecule has 1 aromatic heterocycles. The van der Waals surface area contributed by atoms with Crippen LogP contribution >= 0.6 is 0 Å². The van der Waals surface area contributed by atoms with Crippen LogP contribution in [-0.4, -0.2) is 23.9 Å². The van der Waals surface area contributed by atoms with Crippen LogP contribution < -0.4 is 10.6 Å². The zero-order chi connectivity index (χ0) is 10.7. The first-order chi connectivity index (χ1) is 7.27. The molecule has 1 fully saturated rings. The fourth-order valence-corrected chi connectivity index (χ4v) is 1.99. The zero-order valence-corrected chi connectivity index (χ0v) is 8.74. The molecular formula is C11H16N4. The number of anilines is 1. The highest BCUT2D eigenvalue weighted by molar-refractivity contribution is 5.80. The lowest BCUT2D eigenvalue weighted by molar-refractivity contribution is 0.923. The Bertz CT molecular complexity index is 355. The number of hydrogen-bond donors (Lipinski definition) is 2. The Labute approximate surface area is 89.6 Å². The summed E-state index contributed by atoms with van der Waals surface area (Å²) < 4.78 is 0. The molecule has 4 heteroatoms. The van der Waals surface area contributed by atoms with E-state index in [2.05, 4.69) is 9.88 Å². The summed E-state index contributed by atoms with van der Waals surface area (Å²) in [5, 5.41) is 7.33. The first kappa shape index (κ1) is 9.96. The Balaban J connectivity index is 2.24. The third-order valence-electron chi connectivity index (χ3n) is 2.65. The molecule has 0 bridgehead atoms. The molecule has 0 spiro atoms. The van der Waals surface area contributed by atoms with Crippen LogP contribution in [0.25, 0.3) is 0 Å². The average Bonchev–Trinajstić information content (AvgIpc) is 2.70. The normalized spacial score (nSPS) is 15.6. The maximum Gasteiger partial charge on any atom is 0.132 e. The van der Waals surface area contributed by atoms with E-state index < -0.39 is 0 Å². The van der Waals surface area contributed by atoms with Crippen LogP contribution in [0.4, 0.5) is 5.82 Å². The minimum atomic E-state index is 0.198. The molecule has 0 atom stereocenters. The molecule has 15 heavy (non-hydrogen) atoms. The van der Waals surface area contributed by atoms with E-state index in [1.165, 1.54) is 12.8 Å². The van der Waals surface area contributed by atoms with Crippen molar-refractivity contribution in [2.24, 2.45) is 5.73 Å². The highest BCUT2D eigenvalue weighted by Crippen LogP contribution is 2.21. The molecule has 0 aromatic carbocycles. The number of nitrogens with one attached hydrogen (secondary N) is 1. The summed E-state index contributed by atoms with van der Waals surface area (Å²) in [7, 11) is 0. The van der Waals surface area contributed by atoms with Crippen LogP contribution in [0, 0.1) is 5.41 Å². The van der Waals surface area contributed by atoms with E-state index in [0.717, 1.165) is 24.5 Å². The summed E-state index contributed by atoms with van der Waals surface area (Å²) in [5.41, 5.74) is 6.49. The Kier molecular flexibility index (Phi) is 2.85. The predicted octanol–water partition coefficient (Wildman–Crippen LogP) is 1.16. The second-order valence-corrected chi connectivity index (χ2v) is 3.88. The van der Waals surface area contributed by atoms with Gasteiger partial charge in [-0.15, -0.1) is 0 Å². The molecule has 0 aliphatic carbocycles. The Morgan fingerprint density at radius 3 is 2.87 bits per heavy atom. The van der Waals surface area contributed by atoms with Gasteiger partial charge in [-0.3, -0.25) is 5.41 Å². The molecule has 2 heterocycles. The molecule has 1 aliphatic rings. The van der Waals surface area contributed by atoms with E-state index in [4.69, 9.17) is 11.1 Å². The molecule has 1 aliphatic heterocycles. The third kappa shape index (κ3) is 2.26. The van der Waals surface area contributed by atoms with Crippen LogP contribution in [0.2, 0.25) is 0 Å². The van der Waals surface area contributed by atoms with Crippen LogP contribution in [0.5, 0.6) is 0 Å². The van der Waals surface area contributed by atoms with Crippen molar-refractivity contribution in [1.29, 1.82) is 5.41 Å². The number of aromatic nitrogens is 1. The molecule has 80 valence electrons. The highest BCUT2D eigenvalue weighted by atomic mass is 15.2. The standard InChI is InChI=1S/C11H16N4/c12-10(13)8-9-4-3-5-14-11(9)15-6-1-2-7-15/h3-5H,1-2,6-8H2,(H3,12,13). The maximum atomic E-state index is 7.33. The number of rotatable bonds is 3. The van der Waals surface area contributed by atoms with E-state index in [-0.39, 0.29) is 5.84 Å². The van der Waals surface area contributed by atoms with Gasteiger partial charge in [-0.2, -0.15) is 0 Å². The van der Waals surface area contributed by atoms with Gasteiger partial charge in [-0.1, -0.05) is 6.07 Å². The van der Waals surface area contributed by atoms with Crippen molar-refractivity contribution in [3.63, 3.8) is 0 Å². The van der Waals surface area contributed by atoms with Gasteiger partial charge in [0, 0.05) is 31.3 Å². The van der Waals surface area contributed by atoms with Crippen molar-refractivity contribution in [2.45, 2.75) is 19.3 Å². The topological polar surface area (TPSA) is 66.0 Å².